The molecule has 8 nitrogen and oxygen atoms in total. The zero-order valence-electron chi connectivity index (χ0n) is 18.7. The lowest BCUT2D eigenvalue weighted by atomic mass is 9.98. The van der Waals surface area contributed by atoms with E-state index in [2.05, 4.69) is 4.57 Å². The van der Waals surface area contributed by atoms with E-state index < -0.39 is 10.5 Å². The average Bonchev–Trinajstić information content (AvgIpc) is 3.18. The Morgan fingerprint density at radius 1 is 1.16 bits per heavy atom. The Balaban J connectivity index is 1.95. The van der Waals surface area contributed by atoms with Crippen molar-refractivity contribution >= 4 is 17.5 Å². The molecule has 0 bridgehead atoms. The lowest BCUT2D eigenvalue weighted by Crippen LogP contribution is -2.54. The van der Waals surface area contributed by atoms with Gasteiger partial charge < -0.3 is 14.4 Å². The fourth-order valence-corrected chi connectivity index (χ4v) is 3.96. The number of hydrogen-bond donors (Lipinski definition) is 0. The van der Waals surface area contributed by atoms with Crippen LogP contribution in [0.2, 0.25) is 0 Å². The van der Waals surface area contributed by atoms with Crippen molar-refractivity contribution in [1.29, 1.82) is 0 Å². The standard InChI is InChI=1S/C23H30N4O4/c1-16(2)22(29)26(23(3,4)5)15-20(28)25-14-13-24-12-6-7-19(24)21(25)17-8-10-18(11-9-17)27(30)31/h6-12,16,21H,13-15H2,1-5H3/t21-/m0/s1. The Morgan fingerprint density at radius 3 is 2.35 bits per heavy atom. The van der Waals surface area contributed by atoms with Crippen molar-refractivity contribution in [3.63, 3.8) is 0 Å². The van der Waals surface area contributed by atoms with E-state index in [1.54, 1.807) is 21.9 Å². The molecule has 3 rings (SSSR count). The third-order valence-electron chi connectivity index (χ3n) is 5.64. The molecular formula is C23H30N4O4. The summed E-state index contributed by atoms with van der Waals surface area (Å²) in [7, 11) is 0. The van der Waals surface area contributed by atoms with Crippen molar-refractivity contribution in [2.75, 3.05) is 13.1 Å². The molecule has 2 heterocycles. The van der Waals surface area contributed by atoms with Gasteiger partial charge in [-0.3, -0.25) is 19.7 Å². The second kappa shape index (κ2) is 8.53. The summed E-state index contributed by atoms with van der Waals surface area (Å²) >= 11 is 0. The van der Waals surface area contributed by atoms with Crippen LogP contribution in [0.4, 0.5) is 5.69 Å². The maximum Gasteiger partial charge on any atom is 0.269 e. The van der Waals surface area contributed by atoms with Gasteiger partial charge in [-0.05, 0) is 50.6 Å². The lowest BCUT2D eigenvalue weighted by Gasteiger charge is -2.41. The van der Waals surface area contributed by atoms with Gasteiger partial charge in [0.15, 0.2) is 0 Å². The molecule has 0 radical (unpaired) electrons. The van der Waals surface area contributed by atoms with Crippen LogP contribution >= 0.6 is 0 Å². The normalized spacial score (nSPS) is 16.2. The van der Waals surface area contributed by atoms with Crippen LogP contribution in [0.15, 0.2) is 42.6 Å². The molecule has 0 saturated heterocycles. The number of aromatic nitrogens is 1. The Hall–Kier alpha value is -3.16. The molecular weight excluding hydrogens is 396 g/mol. The monoisotopic (exact) mass is 426 g/mol. The summed E-state index contributed by atoms with van der Waals surface area (Å²) in [6.07, 6.45) is 1.97. The summed E-state index contributed by atoms with van der Waals surface area (Å²) in [4.78, 5) is 40.3. The van der Waals surface area contributed by atoms with Crippen molar-refractivity contribution in [2.45, 2.75) is 52.7 Å². The van der Waals surface area contributed by atoms with E-state index in [9.17, 15) is 19.7 Å². The molecule has 2 aromatic rings. The van der Waals surface area contributed by atoms with Crippen LogP contribution in [-0.2, 0) is 16.1 Å². The van der Waals surface area contributed by atoms with Crippen molar-refractivity contribution in [3.8, 4) is 0 Å². The minimum atomic E-state index is -0.490. The van der Waals surface area contributed by atoms with Crippen molar-refractivity contribution < 1.29 is 14.5 Å². The van der Waals surface area contributed by atoms with Gasteiger partial charge in [0.2, 0.25) is 11.8 Å². The number of hydrogen-bond acceptors (Lipinski definition) is 4. The summed E-state index contributed by atoms with van der Waals surface area (Å²) < 4.78 is 2.09. The van der Waals surface area contributed by atoms with Gasteiger partial charge >= 0.3 is 0 Å². The number of fused-ring (bicyclic) bond motifs is 1. The largest absolute Gasteiger partial charge is 0.348 e. The van der Waals surface area contributed by atoms with E-state index >= 15 is 0 Å². The van der Waals surface area contributed by atoms with Gasteiger partial charge in [0.1, 0.15) is 6.54 Å². The molecule has 2 amide bonds. The number of carbonyl (C=O) groups is 2. The summed E-state index contributed by atoms with van der Waals surface area (Å²) in [6.45, 7) is 10.6. The van der Waals surface area contributed by atoms with Gasteiger partial charge in [0.05, 0.1) is 11.0 Å². The van der Waals surface area contributed by atoms with Crippen LogP contribution in [0.5, 0.6) is 0 Å². The van der Waals surface area contributed by atoms with Gasteiger partial charge in [-0.1, -0.05) is 13.8 Å². The Kier molecular flexibility index (Phi) is 6.20. The first-order valence-corrected chi connectivity index (χ1v) is 10.5. The lowest BCUT2D eigenvalue weighted by molar-refractivity contribution is -0.384. The van der Waals surface area contributed by atoms with Gasteiger partial charge in [-0.25, -0.2) is 0 Å². The molecule has 1 aliphatic heterocycles. The zero-order valence-corrected chi connectivity index (χ0v) is 18.7. The second-order valence-electron chi connectivity index (χ2n) is 9.21. The smallest absolute Gasteiger partial charge is 0.269 e. The minimum Gasteiger partial charge on any atom is -0.348 e. The van der Waals surface area contributed by atoms with Crippen LogP contribution in [-0.4, -0.2) is 49.7 Å². The summed E-state index contributed by atoms with van der Waals surface area (Å²) in [6, 6.07) is 9.86. The van der Waals surface area contributed by atoms with Gasteiger partial charge in [-0.2, -0.15) is 0 Å². The Labute approximate surface area is 182 Å². The van der Waals surface area contributed by atoms with Gasteiger partial charge in [-0.15, -0.1) is 0 Å². The molecule has 0 saturated carbocycles. The third-order valence-corrected chi connectivity index (χ3v) is 5.64. The van der Waals surface area contributed by atoms with Gasteiger partial charge in [0, 0.05) is 48.6 Å². The number of nitro benzene ring substituents is 1. The number of amides is 2. The van der Waals surface area contributed by atoms with Crippen LogP contribution < -0.4 is 0 Å². The van der Waals surface area contributed by atoms with Crippen molar-refractivity contribution in [3.05, 3.63) is 64.0 Å². The predicted molar refractivity (Wildman–Crippen MR) is 117 cm³/mol. The highest BCUT2D eigenvalue weighted by Gasteiger charge is 2.36. The summed E-state index contributed by atoms with van der Waals surface area (Å²) in [5.41, 5.74) is 1.27. The topological polar surface area (TPSA) is 88.7 Å². The van der Waals surface area contributed by atoms with E-state index in [0.29, 0.717) is 13.1 Å². The third kappa shape index (κ3) is 4.62. The molecule has 0 fully saturated rings. The average molecular weight is 427 g/mol. The molecule has 1 atom stereocenters. The minimum absolute atomic E-state index is 0.00857. The molecule has 8 heteroatoms. The molecule has 0 aliphatic carbocycles. The zero-order chi connectivity index (χ0) is 22.9. The molecule has 1 aliphatic rings. The first-order valence-electron chi connectivity index (χ1n) is 10.5. The van der Waals surface area contributed by atoms with E-state index in [1.165, 1.54) is 12.1 Å². The molecule has 1 aromatic heterocycles. The fraction of sp³-hybridized carbons (Fsp3) is 0.478. The van der Waals surface area contributed by atoms with Crippen molar-refractivity contribution in [2.24, 2.45) is 5.92 Å². The molecule has 0 spiro atoms. The highest BCUT2D eigenvalue weighted by Crippen LogP contribution is 2.33. The predicted octanol–water partition coefficient (Wildman–Crippen LogP) is 3.61. The number of carbonyl (C=O) groups excluding carboxylic acids is 2. The van der Waals surface area contributed by atoms with E-state index in [0.717, 1.165) is 11.3 Å². The molecule has 0 N–H and O–H groups in total. The number of non-ortho nitro benzene ring substituents is 1. The molecule has 1 aromatic carbocycles. The number of nitro groups is 1. The number of nitrogens with zero attached hydrogens (tertiary/aromatic N) is 4. The number of rotatable bonds is 5. The second-order valence-corrected chi connectivity index (χ2v) is 9.21. The van der Waals surface area contributed by atoms with Crippen LogP contribution in [0.1, 0.15) is 51.9 Å². The van der Waals surface area contributed by atoms with Crippen LogP contribution in [0.3, 0.4) is 0 Å². The van der Waals surface area contributed by atoms with E-state index in [1.807, 2.05) is 52.9 Å². The first kappa shape index (κ1) is 22.5. The van der Waals surface area contributed by atoms with Crippen LogP contribution in [0, 0.1) is 16.0 Å². The quantitative estimate of drug-likeness (QED) is 0.540. The first-order chi connectivity index (χ1) is 14.5. The number of benzene rings is 1. The maximum absolute atomic E-state index is 13.5. The molecule has 166 valence electrons. The Morgan fingerprint density at radius 2 is 1.81 bits per heavy atom. The highest BCUT2D eigenvalue weighted by molar-refractivity contribution is 5.86. The highest BCUT2D eigenvalue weighted by atomic mass is 16.6. The van der Waals surface area contributed by atoms with E-state index in [-0.39, 0.29) is 36.0 Å². The van der Waals surface area contributed by atoms with Crippen molar-refractivity contribution in [1.82, 2.24) is 14.4 Å². The summed E-state index contributed by atoms with van der Waals surface area (Å²) in [5.74, 6) is -0.413. The van der Waals surface area contributed by atoms with E-state index in [4.69, 9.17) is 0 Å². The SMILES string of the molecule is CC(C)C(=O)N(CC(=O)N1CCn2cccc2[C@@H]1c1ccc([N+](=O)[O-])cc1)C(C)(C)C. The Bertz CT molecular complexity index is 972. The molecule has 31 heavy (non-hydrogen) atoms. The maximum atomic E-state index is 13.5. The molecule has 0 unspecified atom stereocenters. The summed E-state index contributed by atoms with van der Waals surface area (Å²) in [5, 5.41) is 11.1. The van der Waals surface area contributed by atoms with Gasteiger partial charge in [0.25, 0.3) is 5.69 Å². The van der Waals surface area contributed by atoms with Crippen LogP contribution in [0.25, 0.3) is 0 Å². The fourth-order valence-electron chi connectivity index (χ4n) is 3.96.